The molecule has 0 aliphatic carbocycles. The Morgan fingerprint density at radius 2 is 2.08 bits per heavy atom. The lowest BCUT2D eigenvalue weighted by Gasteiger charge is -2.19. The van der Waals surface area contributed by atoms with Crippen LogP contribution in [0.2, 0.25) is 0 Å². The molecule has 5 unspecified atom stereocenters. The van der Waals surface area contributed by atoms with Crippen molar-refractivity contribution in [2.24, 2.45) is 5.92 Å². The molecule has 2 N–H and O–H groups in total. The van der Waals surface area contributed by atoms with Crippen LogP contribution >= 0.6 is 0 Å². The maximum Gasteiger partial charge on any atom is 0.184 e. The summed E-state index contributed by atoms with van der Waals surface area (Å²) in [7, 11) is 0. The third-order valence-corrected chi connectivity index (χ3v) is 2.34. The molecular formula is C8H15FO3. The zero-order valence-corrected chi connectivity index (χ0v) is 7.27. The summed E-state index contributed by atoms with van der Waals surface area (Å²) in [6, 6.07) is 0. The van der Waals surface area contributed by atoms with Crippen molar-refractivity contribution in [3.8, 4) is 0 Å². The van der Waals surface area contributed by atoms with Crippen LogP contribution in [0.15, 0.2) is 0 Å². The largest absolute Gasteiger partial charge is 0.393 e. The van der Waals surface area contributed by atoms with Gasteiger partial charge >= 0.3 is 0 Å². The smallest absolute Gasteiger partial charge is 0.184 e. The molecule has 1 aliphatic heterocycles. The summed E-state index contributed by atoms with van der Waals surface area (Å²) in [5.74, 6) is -0.475. The number of aliphatic hydroxyl groups excluding tert-OH is 2. The molecule has 5 atom stereocenters. The third-order valence-electron chi connectivity index (χ3n) is 2.34. The minimum absolute atomic E-state index is 0.475. The van der Waals surface area contributed by atoms with Crippen molar-refractivity contribution in [2.75, 3.05) is 0 Å². The maximum absolute atomic E-state index is 13.2. The minimum atomic E-state index is -1.27. The first kappa shape index (κ1) is 9.89. The van der Waals surface area contributed by atoms with Gasteiger partial charge in [0.1, 0.15) is 12.3 Å². The van der Waals surface area contributed by atoms with Crippen molar-refractivity contribution in [1.82, 2.24) is 0 Å². The van der Waals surface area contributed by atoms with E-state index >= 15 is 0 Å². The Hall–Kier alpha value is -0.190. The Morgan fingerprint density at radius 1 is 1.58 bits per heavy atom. The van der Waals surface area contributed by atoms with E-state index in [1.807, 2.05) is 0 Å². The van der Waals surface area contributed by atoms with Gasteiger partial charge in [0, 0.05) is 5.92 Å². The molecule has 4 heteroatoms. The summed E-state index contributed by atoms with van der Waals surface area (Å²) in [6.45, 7) is 3.41. The van der Waals surface area contributed by atoms with Crippen molar-refractivity contribution in [3.63, 3.8) is 0 Å². The van der Waals surface area contributed by atoms with E-state index in [1.165, 1.54) is 0 Å². The van der Waals surface area contributed by atoms with E-state index in [-0.39, 0.29) is 0 Å². The van der Waals surface area contributed by atoms with E-state index in [0.29, 0.717) is 6.42 Å². The fourth-order valence-corrected chi connectivity index (χ4v) is 1.23. The summed E-state index contributed by atoms with van der Waals surface area (Å²) in [6.07, 6.45) is -3.09. The third kappa shape index (κ3) is 1.94. The normalized spacial score (nSPS) is 35.8. The van der Waals surface area contributed by atoms with Gasteiger partial charge in [0.05, 0.1) is 6.10 Å². The standard InChI is InChI=1S/C8H15FO3/c1-3-5(10)4(2)6(9)7-8(11)12-7/h4-8,10-11H,3H2,1-2H3. The Morgan fingerprint density at radius 3 is 2.42 bits per heavy atom. The van der Waals surface area contributed by atoms with Crippen LogP contribution < -0.4 is 0 Å². The molecular weight excluding hydrogens is 163 g/mol. The summed E-state index contributed by atoms with van der Waals surface area (Å²) in [5, 5.41) is 18.0. The number of aliphatic hydroxyl groups is 2. The zero-order chi connectivity index (χ0) is 9.30. The lowest BCUT2D eigenvalue weighted by molar-refractivity contribution is 0.0504. The van der Waals surface area contributed by atoms with Gasteiger partial charge < -0.3 is 14.9 Å². The predicted molar refractivity (Wildman–Crippen MR) is 41.2 cm³/mol. The van der Waals surface area contributed by atoms with E-state index in [2.05, 4.69) is 4.74 Å². The molecule has 1 rings (SSSR count). The van der Waals surface area contributed by atoms with Crippen molar-refractivity contribution in [3.05, 3.63) is 0 Å². The van der Waals surface area contributed by atoms with Gasteiger partial charge in [-0.15, -0.1) is 0 Å². The van der Waals surface area contributed by atoms with Gasteiger partial charge in [0.15, 0.2) is 6.29 Å². The van der Waals surface area contributed by atoms with Crippen molar-refractivity contribution in [2.45, 2.75) is 44.9 Å². The Labute approximate surface area is 71.2 Å². The van der Waals surface area contributed by atoms with Crippen molar-refractivity contribution < 1.29 is 19.3 Å². The average Bonchev–Trinajstić information content (AvgIpc) is 2.78. The fraction of sp³-hybridized carbons (Fsp3) is 1.00. The molecule has 0 amide bonds. The SMILES string of the molecule is CCC(O)C(C)C(F)C1OC1O. The number of halogens is 1. The number of rotatable bonds is 4. The maximum atomic E-state index is 13.2. The van der Waals surface area contributed by atoms with Crippen LogP contribution in [0.3, 0.4) is 0 Å². The molecule has 1 aliphatic rings. The van der Waals surface area contributed by atoms with Crippen LogP contribution in [0.5, 0.6) is 0 Å². The molecule has 72 valence electrons. The highest BCUT2D eigenvalue weighted by Crippen LogP contribution is 2.31. The van der Waals surface area contributed by atoms with Gasteiger partial charge in [-0.2, -0.15) is 0 Å². The molecule has 0 bridgehead atoms. The summed E-state index contributed by atoms with van der Waals surface area (Å²) in [4.78, 5) is 0. The number of hydrogen-bond acceptors (Lipinski definition) is 3. The van der Waals surface area contributed by atoms with Gasteiger partial charge in [-0.1, -0.05) is 13.8 Å². The number of ether oxygens (including phenoxy) is 1. The van der Waals surface area contributed by atoms with Gasteiger partial charge in [0.2, 0.25) is 0 Å². The predicted octanol–water partition coefficient (Wildman–Crippen LogP) is 0.449. The van der Waals surface area contributed by atoms with E-state index < -0.39 is 30.6 Å². The lowest BCUT2D eigenvalue weighted by Crippen LogP contribution is -2.30. The molecule has 12 heavy (non-hydrogen) atoms. The van der Waals surface area contributed by atoms with E-state index in [4.69, 9.17) is 5.11 Å². The topological polar surface area (TPSA) is 53.0 Å². The second-order valence-electron chi connectivity index (χ2n) is 3.27. The second-order valence-corrected chi connectivity index (χ2v) is 3.27. The zero-order valence-electron chi connectivity index (χ0n) is 7.27. The van der Waals surface area contributed by atoms with Gasteiger partial charge in [-0.05, 0) is 6.42 Å². The highest BCUT2D eigenvalue weighted by atomic mass is 19.1. The number of epoxide rings is 1. The lowest BCUT2D eigenvalue weighted by atomic mass is 9.95. The quantitative estimate of drug-likeness (QED) is 0.614. The molecule has 0 aromatic heterocycles. The Kier molecular flexibility index (Phi) is 3.04. The molecule has 0 spiro atoms. The van der Waals surface area contributed by atoms with Crippen LogP contribution in [0.25, 0.3) is 0 Å². The van der Waals surface area contributed by atoms with Gasteiger partial charge in [-0.25, -0.2) is 4.39 Å². The summed E-state index contributed by atoms with van der Waals surface area (Å²) < 4.78 is 17.8. The van der Waals surface area contributed by atoms with E-state index in [0.717, 1.165) is 0 Å². The minimum Gasteiger partial charge on any atom is -0.393 e. The van der Waals surface area contributed by atoms with Crippen molar-refractivity contribution in [1.29, 1.82) is 0 Å². The molecule has 0 radical (unpaired) electrons. The second kappa shape index (κ2) is 3.68. The van der Waals surface area contributed by atoms with Crippen molar-refractivity contribution >= 4 is 0 Å². The molecule has 0 aromatic rings. The van der Waals surface area contributed by atoms with Crippen LogP contribution in [0, 0.1) is 5.92 Å². The Bertz CT molecular complexity index is 145. The summed E-state index contributed by atoms with van der Waals surface area (Å²) >= 11 is 0. The van der Waals surface area contributed by atoms with E-state index in [1.54, 1.807) is 13.8 Å². The van der Waals surface area contributed by atoms with Gasteiger partial charge in [-0.3, -0.25) is 0 Å². The molecule has 1 heterocycles. The van der Waals surface area contributed by atoms with Crippen LogP contribution in [0.1, 0.15) is 20.3 Å². The first-order valence-electron chi connectivity index (χ1n) is 4.23. The van der Waals surface area contributed by atoms with E-state index in [9.17, 15) is 9.50 Å². The molecule has 0 saturated carbocycles. The van der Waals surface area contributed by atoms with Crippen LogP contribution in [-0.4, -0.2) is 34.9 Å². The highest BCUT2D eigenvalue weighted by Gasteiger charge is 2.47. The van der Waals surface area contributed by atoms with Crippen LogP contribution in [0.4, 0.5) is 4.39 Å². The first-order chi connectivity index (χ1) is 5.57. The average molecular weight is 178 g/mol. The Balaban J connectivity index is 2.35. The van der Waals surface area contributed by atoms with Crippen LogP contribution in [-0.2, 0) is 4.74 Å². The highest BCUT2D eigenvalue weighted by molar-refractivity contribution is 4.88. The number of alkyl halides is 1. The molecule has 3 nitrogen and oxygen atoms in total. The fourth-order valence-electron chi connectivity index (χ4n) is 1.23. The summed E-state index contributed by atoms with van der Waals surface area (Å²) in [5.41, 5.74) is 0. The molecule has 1 fully saturated rings. The first-order valence-corrected chi connectivity index (χ1v) is 4.23. The monoisotopic (exact) mass is 178 g/mol. The molecule has 0 aromatic carbocycles. The number of hydrogen-bond donors (Lipinski definition) is 2. The van der Waals surface area contributed by atoms with Gasteiger partial charge in [0.25, 0.3) is 0 Å². The molecule has 1 saturated heterocycles.